The predicted molar refractivity (Wildman–Crippen MR) is 83.7 cm³/mol. The van der Waals surface area contributed by atoms with Crippen LogP contribution in [0.2, 0.25) is 0 Å². The lowest BCUT2D eigenvalue weighted by Gasteiger charge is -2.06. The normalized spacial score (nSPS) is 12.1. The van der Waals surface area contributed by atoms with Gasteiger partial charge in [-0.2, -0.15) is 0 Å². The molecule has 0 N–H and O–H groups in total. The quantitative estimate of drug-likeness (QED) is 0.447. The highest BCUT2D eigenvalue weighted by Crippen LogP contribution is 2.38. The first-order chi connectivity index (χ1) is 9.81. The molecule has 0 spiro atoms. The van der Waals surface area contributed by atoms with Crippen LogP contribution in [-0.4, -0.2) is 0 Å². The van der Waals surface area contributed by atoms with E-state index >= 15 is 0 Å². The minimum absolute atomic E-state index is 1.01. The van der Waals surface area contributed by atoms with Crippen LogP contribution in [0, 0.1) is 13.0 Å². The largest absolute Gasteiger partial charge is 0.0619 e. The van der Waals surface area contributed by atoms with E-state index in [0.717, 1.165) is 6.42 Å². The van der Waals surface area contributed by atoms with E-state index in [4.69, 9.17) is 0 Å². The second kappa shape index (κ2) is 4.35. The van der Waals surface area contributed by atoms with E-state index in [1.807, 2.05) is 0 Å². The van der Waals surface area contributed by atoms with Crippen molar-refractivity contribution in [3.8, 4) is 22.3 Å². The van der Waals surface area contributed by atoms with Crippen molar-refractivity contribution in [3.05, 3.63) is 83.4 Å². The molecule has 4 rings (SSSR count). The molecule has 3 aromatic carbocycles. The van der Waals surface area contributed by atoms with Crippen molar-refractivity contribution in [2.45, 2.75) is 13.3 Å². The van der Waals surface area contributed by atoms with E-state index in [2.05, 4.69) is 73.7 Å². The van der Waals surface area contributed by atoms with Gasteiger partial charge in [-0.25, -0.2) is 0 Å². The van der Waals surface area contributed by atoms with Gasteiger partial charge in [-0.05, 0) is 52.8 Å². The summed E-state index contributed by atoms with van der Waals surface area (Å²) in [4.78, 5) is 0. The first-order valence-electron chi connectivity index (χ1n) is 7.02. The summed E-state index contributed by atoms with van der Waals surface area (Å²) < 4.78 is 0. The van der Waals surface area contributed by atoms with Crippen LogP contribution in [0.15, 0.2) is 60.7 Å². The number of hydrogen-bond acceptors (Lipinski definition) is 0. The summed E-state index contributed by atoms with van der Waals surface area (Å²) in [7, 11) is 0. The molecule has 0 heterocycles. The summed E-state index contributed by atoms with van der Waals surface area (Å²) in [6, 6.07) is 25.3. The van der Waals surface area contributed by atoms with Gasteiger partial charge in [0.15, 0.2) is 0 Å². The van der Waals surface area contributed by atoms with Crippen molar-refractivity contribution >= 4 is 0 Å². The fourth-order valence-corrected chi connectivity index (χ4v) is 3.04. The van der Waals surface area contributed by atoms with Crippen LogP contribution >= 0.6 is 0 Å². The van der Waals surface area contributed by atoms with E-state index in [1.165, 1.54) is 38.9 Å². The van der Waals surface area contributed by atoms with Crippen molar-refractivity contribution < 1.29 is 0 Å². The van der Waals surface area contributed by atoms with E-state index in [9.17, 15) is 0 Å². The van der Waals surface area contributed by atoms with Crippen LogP contribution in [0.3, 0.4) is 0 Å². The highest BCUT2D eigenvalue weighted by atomic mass is 14.2. The van der Waals surface area contributed by atoms with E-state index in [1.54, 1.807) is 0 Å². The molecule has 0 aliphatic heterocycles. The summed E-state index contributed by atoms with van der Waals surface area (Å²) in [6.45, 7) is 2.13. The molecule has 0 aromatic heterocycles. The molecule has 0 fully saturated rings. The maximum absolute atomic E-state index is 3.62. The maximum atomic E-state index is 3.62. The molecule has 0 heteroatoms. The molecular weight excluding hydrogens is 240 g/mol. The highest BCUT2D eigenvalue weighted by Gasteiger charge is 2.18. The second-order valence-corrected chi connectivity index (χ2v) is 5.47. The molecule has 3 aromatic rings. The van der Waals surface area contributed by atoms with Gasteiger partial charge in [-0.15, -0.1) is 0 Å². The van der Waals surface area contributed by atoms with Gasteiger partial charge in [0.2, 0.25) is 0 Å². The zero-order chi connectivity index (χ0) is 13.5. The van der Waals surface area contributed by atoms with Crippen LogP contribution in [0.25, 0.3) is 22.3 Å². The first kappa shape index (κ1) is 11.5. The summed E-state index contributed by atoms with van der Waals surface area (Å²) in [5.41, 5.74) is 9.19. The van der Waals surface area contributed by atoms with Gasteiger partial charge >= 0.3 is 0 Å². The summed E-state index contributed by atoms with van der Waals surface area (Å²) in [5.74, 6) is 0. The standard InChI is InChI=1S/C20H15/c1-14-5-4-7-15(11-14)16-9-10-20-18(12-16)13-17-6-2-3-8-19(17)20/h2-11H,13H2,1H3. The predicted octanol–water partition coefficient (Wildman–Crippen LogP) is 5.03. The molecule has 95 valence electrons. The minimum Gasteiger partial charge on any atom is -0.0619 e. The minimum atomic E-state index is 1.01. The number of rotatable bonds is 1. The molecule has 0 amide bonds. The fourth-order valence-electron chi connectivity index (χ4n) is 3.04. The van der Waals surface area contributed by atoms with Gasteiger partial charge in [0.1, 0.15) is 0 Å². The van der Waals surface area contributed by atoms with Crippen molar-refractivity contribution in [1.29, 1.82) is 0 Å². The Kier molecular flexibility index (Phi) is 2.50. The van der Waals surface area contributed by atoms with Crippen LogP contribution in [-0.2, 0) is 6.42 Å². The third kappa shape index (κ3) is 1.77. The van der Waals surface area contributed by atoms with Crippen molar-refractivity contribution in [3.63, 3.8) is 0 Å². The van der Waals surface area contributed by atoms with Crippen molar-refractivity contribution in [2.24, 2.45) is 0 Å². The van der Waals surface area contributed by atoms with Crippen LogP contribution in [0.1, 0.15) is 16.7 Å². The van der Waals surface area contributed by atoms with Gasteiger partial charge in [-0.3, -0.25) is 0 Å². The monoisotopic (exact) mass is 255 g/mol. The highest BCUT2D eigenvalue weighted by molar-refractivity contribution is 5.79. The summed E-state index contributed by atoms with van der Waals surface area (Å²) in [5, 5.41) is 0. The lowest BCUT2D eigenvalue weighted by molar-refractivity contribution is 1.26. The first-order valence-corrected chi connectivity index (χ1v) is 7.02. The molecular formula is C20H15. The zero-order valence-electron chi connectivity index (χ0n) is 11.5. The van der Waals surface area contributed by atoms with Gasteiger partial charge in [-0.1, -0.05) is 66.2 Å². The average molecular weight is 255 g/mol. The average Bonchev–Trinajstić information content (AvgIpc) is 2.85. The van der Waals surface area contributed by atoms with Gasteiger partial charge in [0.25, 0.3) is 0 Å². The fraction of sp³-hybridized carbons (Fsp3) is 0.100. The van der Waals surface area contributed by atoms with E-state index in [-0.39, 0.29) is 0 Å². The molecule has 0 bridgehead atoms. The molecule has 0 nitrogen and oxygen atoms in total. The van der Waals surface area contributed by atoms with Crippen molar-refractivity contribution in [2.75, 3.05) is 0 Å². The summed E-state index contributed by atoms with van der Waals surface area (Å²) in [6.07, 6.45) is 1.01. The Bertz CT molecular complexity index is 797. The lowest BCUT2D eigenvalue weighted by atomic mass is 9.98. The van der Waals surface area contributed by atoms with Crippen LogP contribution in [0.4, 0.5) is 0 Å². The van der Waals surface area contributed by atoms with Crippen molar-refractivity contribution in [1.82, 2.24) is 0 Å². The Morgan fingerprint density at radius 1 is 0.850 bits per heavy atom. The van der Waals surface area contributed by atoms with Gasteiger partial charge in [0.05, 0.1) is 0 Å². The SMILES string of the molecule is Cc1cccc(-c2[c]c3c(cc2)-c2ccccc2C3)c1. The molecule has 20 heavy (non-hydrogen) atoms. The number of aryl methyl sites for hydroxylation is 1. The Balaban J connectivity index is 1.83. The Labute approximate surface area is 119 Å². The Hall–Kier alpha value is -2.34. The maximum Gasteiger partial charge on any atom is -0.000706 e. The lowest BCUT2D eigenvalue weighted by Crippen LogP contribution is -1.85. The molecule has 0 atom stereocenters. The summed E-state index contributed by atoms with van der Waals surface area (Å²) >= 11 is 0. The van der Waals surface area contributed by atoms with E-state index < -0.39 is 0 Å². The molecule has 1 radical (unpaired) electrons. The van der Waals surface area contributed by atoms with Gasteiger partial charge < -0.3 is 0 Å². The smallest absolute Gasteiger partial charge is 0.000706 e. The molecule has 0 saturated heterocycles. The van der Waals surface area contributed by atoms with Crippen LogP contribution in [0.5, 0.6) is 0 Å². The number of hydrogen-bond donors (Lipinski definition) is 0. The Morgan fingerprint density at radius 2 is 1.75 bits per heavy atom. The zero-order valence-corrected chi connectivity index (χ0v) is 11.5. The third-order valence-electron chi connectivity index (χ3n) is 4.03. The van der Waals surface area contributed by atoms with E-state index in [0.29, 0.717) is 0 Å². The molecule has 0 saturated carbocycles. The van der Waals surface area contributed by atoms with Gasteiger partial charge in [0, 0.05) is 0 Å². The molecule has 0 unspecified atom stereocenters. The number of benzene rings is 3. The topological polar surface area (TPSA) is 0 Å². The Morgan fingerprint density at radius 3 is 2.65 bits per heavy atom. The third-order valence-corrected chi connectivity index (χ3v) is 4.03. The van der Waals surface area contributed by atoms with Crippen LogP contribution < -0.4 is 0 Å². The molecule has 1 aliphatic rings. The number of fused-ring (bicyclic) bond motifs is 3. The second-order valence-electron chi connectivity index (χ2n) is 5.47. The molecule has 1 aliphatic carbocycles.